The lowest BCUT2D eigenvalue weighted by Crippen LogP contribution is -2.20. The van der Waals surface area contributed by atoms with Gasteiger partial charge in [-0.3, -0.25) is 4.79 Å². The zero-order valence-electron chi connectivity index (χ0n) is 17.4. The molecule has 1 N–H and O–H groups in total. The molecule has 0 unspecified atom stereocenters. The van der Waals surface area contributed by atoms with Crippen LogP contribution in [-0.4, -0.2) is 12.5 Å². The first-order valence-electron chi connectivity index (χ1n) is 9.94. The molecule has 152 valence electrons. The van der Waals surface area contributed by atoms with Crippen molar-refractivity contribution in [3.8, 4) is 5.75 Å². The number of fused-ring (bicyclic) bond motifs is 1. The van der Waals surface area contributed by atoms with Gasteiger partial charge >= 0.3 is 5.63 Å². The van der Waals surface area contributed by atoms with Crippen molar-refractivity contribution in [2.75, 3.05) is 11.9 Å². The van der Waals surface area contributed by atoms with Crippen LogP contribution in [0.2, 0.25) is 0 Å². The summed E-state index contributed by atoms with van der Waals surface area (Å²) in [5, 5.41) is 3.77. The summed E-state index contributed by atoms with van der Waals surface area (Å²) < 4.78 is 11.2. The molecular weight excluding hydrogens is 366 g/mol. The number of rotatable bonds is 7. The number of ether oxygens (including phenoxy) is 1. The van der Waals surface area contributed by atoms with E-state index in [0.29, 0.717) is 11.3 Å². The lowest BCUT2D eigenvalue weighted by molar-refractivity contribution is -0.118. The van der Waals surface area contributed by atoms with Crippen LogP contribution in [0.5, 0.6) is 5.75 Å². The number of anilines is 1. The minimum Gasteiger partial charge on any atom is -0.483 e. The first kappa shape index (κ1) is 20.6. The molecule has 0 atom stereocenters. The fraction of sp³-hybridized carbons (Fsp3) is 0.333. The molecule has 0 aliphatic rings. The van der Waals surface area contributed by atoms with E-state index >= 15 is 0 Å². The van der Waals surface area contributed by atoms with Crippen LogP contribution in [0.1, 0.15) is 42.0 Å². The van der Waals surface area contributed by atoms with Crippen LogP contribution >= 0.6 is 0 Å². The van der Waals surface area contributed by atoms with Crippen LogP contribution in [0.15, 0.2) is 45.6 Å². The van der Waals surface area contributed by atoms with E-state index in [-0.39, 0.29) is 18.1 Å². The predicted molar refractivity (Wildman–Crippen MR) is 116 cm³/mol. The van der Waals surface area contributed by atoms with E-state index in [4.69, 9.17) is 9.15 Å². The van der Waals surface area contributed by atoms with Crippen LogP contribution in [0.25, 0.3) is 11.0 Å². The van der Waals surface area contributed by atoms with E-state index in [2.05, 4.69) is 12.2 Å². The average Bonchev–Trinajstić information content (AvgIpc) is 2.65. The Kier molecular flexibility index (Phi) is 6.37. The zero-order valence-corrected chi connectivity index (χ0v) is 17.4. The summed E-state index contributed by atoms with van der Waals surface area (Å²) in [7, 11) is 0. The van der Waals surface area contributed by atoms with Crippen molar-refractivity contribution in [3.63, 3.8) is 0 Å². The number of carbonyl (C=O) groups excluding carboxylic acids is 1. The molecule has 3 aromatic rings. The molecule has 1 aromatic heterocycles. The SMILES string of the molecule is CCCCc1cc(=O)oc2c(C)c(OCC(=O)Nc3cc(C)cc(C)c3)ccc12. The molecule has 0 bridgehead atoms. The molecule has 0 aliphatic carbocycles. The van der Waals surface area contributed by atoms with Gasteiger partial charge < -0.3 is 14.5 Å². The van der Waals surface area contributed by atoms with Gasteiger partial charge in [0.15, 0.2) is 6.61 Å². The highest BCUT2D eigenvalue weighted by Crippen LogP contribution is 2.29. The maximum Gasteiger partial charge on any atom is 0.336 e. The Hall–Kier alpha value is -3.08. The zero-order chi connectivity index (χ0) is 21.0. The van der Waals surface area contributed by atoms with Gasteiger partial charge in [-0.15, -0.1) is 0 Å². The molecule has 0 saturated heterocycles. The summed E-state index contributed by atoms with van der Waals surface area (Å²) in [5.74, 6) is 0.288. The van der Waals surface area contributed by atoms with Crippen molar-refractivity contribution in [2.45, 2.75) is 47.0 Å². The summed E-state index contributed by atoms with van der Waals surface area (Å²) in [6, 6.07) is 11.2. The third-order valence-electron chi connectivity index (χ3n) is 4.86. The lowest BCUT2D eigenvalue weighted by atomic mass is 10.0. The largest absolute Gasteiger partial charge is 0.483 e. The van der Waals surface area contributed by atoms with Gasteiger partial charge in [-0.25, -0.2) is 4.79 Å². The van der Waals surface area contributed by atoms with Gasteiger partial charge in [-0.1, -0.05) is 19.4 Å². The van der Waals surface area contributed by atoms with Crippen LogP contribution in [0, 0.1) is 20.8 Å². The number of aryl methyl sites for hydroxylation is 4. The van der Waals surface area contributed by atoms with Gasteiger partial charge in [0, 0.05) is 22.7 Å². The summed E-state index contributed by atoms with van der Waals surface area (Å²) in [6.07, 6.45) is 2.89. The number of carbonyl (C=O) groups is 1. The smallest absolute Gasteiger partial charge is 0.336 e. The van der Waals surface area contributed by atoms with Gasteiger partial charge in [0.25, 0.3) is 5.91 Å². The molecule has 5 nitrogen and oxygen atoms in total. The summed E-state index contributed by atoms with van der Waals surface area (Å²) in [4.78, 5) is 24.3. The van der Waals surface area contributed by atoms with E-state index < -0.39 is 0 Å². The van der Waals surface area contributed by atoms with E-state index in [0.717, 1.165) is 52.6 Å². The molecule has 0 fully saturated rings. The Labute approximate surface area is 170 Å². The number of nitrogens with one attached hydrogen (secondary N) is 1. The Bertz CT molecular complexity index is 1080. The van der Waals surface area contributed by atoms with Gasteiger partial charge in [-0.05, 0) is 74.6 Å². The quantitative estimate of drug-likeness (QED) is 0.569. The van der Waals surface area contributed by atoms with Gasteiger partial charge in [0.05, 0.1) is 0 Å². The monoisotopic (exact) mass is 393 g/mol. The normalized spacial score (nSPS) is 10.9. The second kappa shape index (κ2) is 8.95. The standard InChI is InChI=1S/C24H27NO4/c1-5-6-7-18-13-23(27)29-24-17(4)21(9-8-20(18)24)28-14-22(26)25-19-11-15(2)10-16(3)12-19/h8-13H,5-7,14H2,1-4H3,(H,25,26). The molecule has 5 heteroatoms. The predicted octanol–water partition coefficient (Wildman–Crippen LogP) is 5.08. The van der Waals surface area contributed by atoms with Gasteiger partial charge in [0.1, 0.15) is 11.3 Å². The maximum absolute atomic E-state index is 12.3. The maximum atomic E-state index is 12.3. The molecule has 3 rings (SSSR count). The molecule has 0 radical (unpaired) electrons. The molecular formula is C24H27NO4. The fourth-order valence-electron chi connectivity index (χ4n) is 3.53. The first-order chi connectivity index (χ1) is 13.9. The second-order valence-corrected chi connectivity index (χ2v) is 7.47. The van der Waals surface area contributed by atoms with Crippen LogP contribution in [0.3, 0.4) is 0 Å². The van der Waals surface area contributed by atoms with Crippen LogP contribution in [0.4, 0.5) is 5.69 Å². The van der Waals surface area contributed by atoms with E-state index in [9.17, 15) is 9.59 Å². The Balaban J connectivity index is 1.77. The Morgan fingerprint density at radius 2 is 1.79 bits per heavy atom. The van der Waals surface area contributed by atoms with Gasteiger partial charge in [0.2, 0.25) is 0 Å². The number of hydrogen-bond donors (Lipinski definition) is 1. The second-order valence-electron chi connectivity index (χ2n) is 7.47. The summed E-state index contributed by atoms with van der Waals surface area (Å²) in [5.41, 5.74) is 4.78. The van der Waals surface area contributed by atoms with E-state index in [1.807, 2.05) is 51.1 Å². The van der Waals surface area contributed by atoms with Crippen molar-refractivity contribution in [3.05, 3.63) is 69.1 Å². The Morgan fingerprint density at radius 1 is 1.07 bits per heavy atom. The highest BCUT2D eigenvalue weighted by Gasteiger charge is 2.13. The van der Waals surface area contributed by atoms with Crippen molar-refractivity contribution >= 4 is 22.6 Å². The third-order valence-corrected chi connectivity index (χ3v) is 4.86. The minimum atomic E-state index is -0.364. The summed E-state index contributed by atoms with van der Waals surface area (Å²) in [6.45, 7) is 7.80. The number of hydrogen-bond acceptors (Lipinski definition) is 4. The average molecular weight is 393 g/mol. The van der Waals surface area contributed by atoms with Crippen molar-refractivity contribution in [2.24, 2.45) is 0 Å². The molecule has 1 heterocycles. The van der Waals surface area contributed by atoms with Crippen molar-refractivity contribution in [1.82, 2.24) is 0 Å². The van der Waals surface area contributed by atoms with E-state index in [1.54, 1.807) is 6.07 Å². The summed E-state index contributed by atoms with van der Waals surface area (Å²) >= 11 is 0. The number of unbranched alkanes of at least 4 members (excludes halogenated alkanes) is 1. The number of amides is 1. The topological polar surface area (TPSA) is 68.5 Å². The molecule has 0 saturated carbocycles. The van der Waals surface area contributed by atoms with Crippen LogP contribution in [-0.2, 0) is 11.2 Å². The highest BCUT2D eigenvalue weighted by molar-refractivity contribution is 5.92. The lowest BCUT2D eigenvalue weighted by Gasteiger charge is -2.13. The first-order valence-corrected chi connectivity index (χ1v) is 9.94. The van der Waals surface area contributed by atoms with Gasteiger partial charge in [-0.2, -0.15) is 0 Å². The Morgan fingerprint density at radius 3 is 2.48 bits per heavy atom. The third kappa shape index (κ3) is 5.05. The molecule has 29 heavy (non-hydrogen) atoms. The molecule has 1 amide bonds. The van der Waals surface area contributed by atoms with E-state index in [1.165, 1.54) is 0 Å². The molecule has 0 spiro atoms. The molecule has 0 aliphatic heterocycles. The fourth-order valence-corrected chi connectivity index (χ4v) is 3.53. The van der Waals surface area contributed by atoms with Crippen LogP contribution < -0.4 is 15.7 Å². The van der Waals surface area contributed by atoms with Crippen molar-refractivity contribution < 1.29 is 13.9 Å². The minimum absolute atomic E-state index is 0.126. The molecule has 2 aromatic carbocycles. The number of benzene rings is 2. The highest BCUT2D eigenvalue weighted by atomic mass is 16.5. The van der Waals surface area contributed by atoms with Crippen molar-refractivity contribution in [1.29, 1.82) is 0 Å².